The van der Waals surface area contributed by atoms with Crippen LogP contribution in [-0.4, -0.2) is 27.2 Å². The van der Waals surface area contributed by atoms with E-state index in [1.807, 2.05) is 66.7 Å². The minimum absolute atomic E-state index is 0.230. The summed E-state index contributed by atoms with van der Waals surface area (Å²) >= 11 is 1.57. The highest BCUT2D eigenvalue weighted by Gasteiger charge is 2.13. The van der Waals surface area contributed by atoms with E-state index in [1.54, 1.807) is 31.0 Å². The predicted molar refractivity (Wildman–Crippen MR) is 151 cm³/mol. The van der Waals surface area contributed by atoms with Crippen molar-refractivity contribution in [3.05, 3.63) is 96.4 Å². The van der Waals surface area contributed by atoms with Crippen LogP contribution in [0.4, 0.5) is 11.5 Å². The number of methoxy groups -OCH3 is 1. The average Bonchev–Trinajstić information content (AvgIpc) is 2.94. The van der Waals surface area contributed by atoms with E-state index in [2.05, 4.69) is 29.1 Å². The molecule has 7 nitrogen and oxygen atoms in total. The van der Waals surface area contributed by atoms with E-state index in [4.69, 9.17) is 14.5 Å². The number of hydrogen-bond donors (Lipinski definition) is 2. The van der Waals surface area contributed by atoms with Crippen molar-refractivity contribution in [2.24, 2.45) is 0 Å². The molecule has 2 heterocycles. The number of para-hydroxylation sites is 1. The van der Waals surface area contributed by atoms with Gasteiger partial charge in [-0.05, 0) is 60.5 Å². The maximum absolute atomic E-state index is 9.69. The van der Waals surface area contributed by atoms with Crippen LogP contribution < -0.4 is 14.8 Å². The topological polar surface area (TPSA) is 89.4 Å². The number of anilines is 2. The zero-order valence-corrected chi connectivity index (χ0v) is 22.2. The summed E-state index contributed by atoms with van der Waals surface area (Å²) in [4.78, 5) is 15.6. The summed E-state index contributed by atoms with van der Waals surface area (Å²) in [7, 11) is 1.65. The Kier molecular flexibility index (Phi) is 7.60. The van der Waals surface area contributed by atoms with Crippen molar-refractivity contribution in [1.82, 2.24) is 15.0 Å². The van der Waals surface area contributed by atoms with Crippen molar-refractivity contribution in [2.75, 3.05) is 12.4 Å². The predicted octanol–water partition coefficient (Wildman–Crippen LogP) is 7.34. The third-order valence-corrected chi connectivity index (χ3v) is 7.05. The third kappa shape index (κ3) is 5.81. The number of fused-ring (bicyclic) bond motifs is 1. The van der Waals surface area contributed by atoms with E-state index in [-0.39, 0.29) is 5.75 Å². The molecule has 0 spiro atoms. The van der Waals surface area contributed by atoms with Gasteiger partial charge in [-0.3, -0.25) is 0 Å². The number of aromatic hydroxyl groups is 1. The van der Waals surface area contributed by atoms with Crippen LogP contribution in [0.3, 0.4) is 0 Å². The Morgan fingerprint density at radius 1 is 0.947 bits per heavy atom. The van der Waals surface area contributed by atoms with Gasteiger partial charge in [0.2, 0.25) is 0 Å². The van der Waals surface area contributed by atoms with Crippen LogP contribution in [0.2, 0.25) is 0 Å². The molecule has 0 bridgehead atoms. The van der Waals surface area contributed by atoms with Crippen LogP contribution in [0.25, 0.3) is 11.0 Å². The van der Waals surface area contributed by atoms with Crippen LogP contribution >= 0.6 is 11.8 Å². The molecule has 0 aliphatic rings. The molecule has 192 valence electrons. The lowest BCUT2D eigenvalue weighted by molar-refractivity contribution is 0.296. The maximum atomic E-state index is 9.69. The third-order valence-electron chi connectivity index (χ3n) is 5.97. The molecule has 0 fully saturated rings. The monoisotopic (exact) mass is 524 g/mol. The first-order chi connectivity index (χ1) is 18.5. The molecule has 0 saturated heterocycles. The second-order valence-corrected chi connectivity index (χ2v) is 10.1. The van der Waals surface area contributed by atoms with Gasteiger partial charge in [0.15, 0.2) is 5.65 Å². The zero-order chi connectivity index (χ0) is 26.5. The molecular weight excluding hydrogens is 496 g/mol. The molecule has 0 saturated carbocycles. The van der Waals surface area contributed by atoms with Gasteiger partial charge < -0.3 is 19.9 Å². The summed E-state index contributed by atoms with van der Waals surface area (Å²) in [5.74, 6) is 2.68. The molecule has 0 atom stereocenters. The molecule has 2 N–H and O–H groups in total. The molecule has 3 aromatic carbocycles. The summed E-state index contributed by atoms with van der Waals surface area (Å²) in [6.45, 7) is 4.59. The normalized spacial score (nSPS) is 11.1. The number of benzene rings is 3. The molecule has 0 aliphatic heterocycles. The van der Waals surface area contributed by atoms with Crippen molar-refractivity contribution in [2.45, 2.75) is 36.2 Å². The van der Waals surface area contributed by atoms with Crippen LogP contribution in [0.1, 0.15) is 31.0 Å². The molecular formula is C30H28N4O3S. The summed E-state index contributed by atoms with van der Waals surface area (Å²) in [6, 6.07) is 24.9. The van der Waals surface area contributed by atoms with Gasteiger partial charge in [0.25, 0.3) is 0 Å². The van der Waals surface area contributed by atoms with E-state index in [0.717, 1.165) is 37.9 Å². The van der Waals surface area contributed by atoms with Crippen LogP contribution in [-0.2, 0) is 6.61 Å². The van der Waals surface area contributed by atoms with E-state index in [9.17, 15) is 5.11 Å². The molecule has 0 aliphatic carbocycles. The second-order valence-electron chi connectivity index (χ2n) is 8.96. The lowest BCUT2D eigenvalue weighted by Gasteiger charge is -2.16. The fraction of sp³-hybridized carbons (Fsp3) is 0.167. The number of phenols is 1. The van der Waals surface area contributed by atoms with E-state index in [0.29, 0.717) is 29.7 Å². The highest BCUT2D eigenvalue weighted by Crippen LogP contribution is 2.38. The minimum Gasteiger partial charge on any atom is -0.508 e. The Bertz CT molecular complexity index is 1560. The summed E-state index contributed by atoms with van der Waals surface area (Å²) in [5.41, 5.74) is 3.41. The largest absolute Gasteiger partial charge is 0.508 e. The molecule has 2 aromatic heterocycles. The fourth-order valence-corrected chi connectivity index (χ4v) is 4.80. The fourth-order valence-electron chi connectivity index (χ4n) is 3.92. The molecule has 0 amide bonds. The number of nitrogens with zero attached hydrogens (tertiary/aromatic N) is 3. The first kappa shape index (κ1) is 25.4. The number of pyridine rings is 1. The van der Waals surface area contributed by atoms with Crippen molar-refractivity contribution >= 4 is 34.3 Å². The molecule has 0 unspecified atom stereocenters. The van der Waals surface area contributed by atoms with Gasteiger partial charge in [0.1, 0.15) is 36.0 Å². The van der Waals surface area contributed by atoms with Crippen molar-refractivity contribution < 1.29 is 14.6 Å². The lowest BCUT2D eigenvalue weighted by atomic mass is 10.1. The maximum Gasteiger partial charge on any atom is 0.164 e. The highest BCUT2D eigenvalue weighted by molar-refractivity contribution is 7.99. The first-order valence-electron chi connectivity index (χ1n) is 12.2. The molecule has 0 radical (unpaired) electrons. The van der Waals surface area contributed by atoms with Gasteiger partial charge >= 0.3 is 0 Å². The Hall–Kier alpha value is -4.30. The van der Waals surface area contributed by atoms with Crippen LogP contribution in [0.15, 0.2) is 95.0 Å². The van der Waals surface area contributed by atoms with E-state index >= 15 is 0 Å². The Morgan fingerprint density at radius 2 is 1.76 bits per heavy atom. The van der Waals surface area contributed by atoms with Crippen LogP contribution in [0, 0.1) is 0 Å². The number of aromatic nitrogens is 3. The Morgan fingerprint density at radius 3 is 2.55 bits per heavy atom. The first-order valence-corrected chi connectivity index (χ1v) is 13.1. The Labute approximate surface area is 225 Å². The second kappa shape index (κ2) is 11.4. The summed E-state index contributed by atoms with van der Waals surface area (Å²) in [5, 5.41) is 14.0. The number of rotatable bonds is 9. The van der Waals surface area contributed by atoms with Crippen molar-refractivity contribution in [3.63, 3.8) is 0 Å². The standard InChI is InChI=1S/C30H28N4O3S/c1-19(2)25-14-13-24-29(33-25)31-18-32-30(24)34-26-16-22(37-17-20-6-4-5-7-27(20)36-3)10-15-28(26)38-23-11-8-21(35)9-12-23/h4-16,18-19,35H,17H2,1-3H3,(H,31,32,33,34). The van der Waals surface area contributed by atoms with E-state index in [1.165, 1.54) is 6.33 Å². The number of nitrogens with one attached hydrogen (secondary N) is 1. The minimum atomic E-state index is 0.230. The Balaban J connectivity index is 1.48. The molecule has 5 rings (SSSR count). The quantitative estimate of drug-likeness (QED) is 0.207. The lowest BCUT2D eigenvalue weighted by Crippen LogP contribution is -2.02. The zero-order valence-electron chi connectivity index (χ0n) is 21.4. The molecule has 5 aromatic rings. The van der Waals surface area contributed by atoms with E-state index < -0.39 is 0 Å². The summed E-state index contributed by atoms with van der Waals surface area (Å²) < 4.78 is 11.6. The molecule has 38 heavy (non-hydrogen) atoms. The molecule has 8 heteroatoms. The highest BCUT2D eigenvalue weighted by atomic mass is 32.2. The van der Waals surface area contributed by atoms with Gasteiger partial charge in [-0.15, -0.1) is 0 Å². The van der Waals surface area contributed by atoms with Gasteiger partial charge in [0, 0.05) is 27.1 Å². The van der Waals surface area contributed by atoms with Crippen molar-refractivity contribution in [3.8, 4) is 17.2 Å². The van der Waals surface area contributed by atoms with Gasteiger partial charge in [0.05, 0.1) is 18.2 Å². The van der Waals surface area contributed by atoms with Gasteiger partial charge in [-0.25, -0.2) is 15.0 Å². The van der Waals surface area contributed by atoms with Crippen molar-refractivity contribution in [1.29, 1.82) is 0 Å². The van der Waals surface area contributed by atoms with Crippen LogP contribution in [0.5, 0.6) is 17.2 Å². The number of phenolic OH excluding ortho intramolecular Hbond substituents is 1. The number of ether oxygens (including phenoxy) is 2. The van der Waals surface area contributed by atoms with Gasteiger partial charge in [-0.2, -0.15) is 0 Å². The van der Waals surface area contributed by atoms with Gasteiger partial charge in [-0.1, -0.05) is 43.8 Å². The average molecular weight is 525 g/mol. The summed E-state index contributed by atoms with van der Waals surface area (Å²) in [6.07, 6.45) is 1.52. The number of hydrogen-bond acceptors (Lipinski definition) is 8. The SMILES string of the molecule is COc1ccccc1COc1ccc(Sc2ccc(O)cc2)c(Nc2ncnc3nc(C(C)C)ccc23)c1. The smallest absolute Gasteiger partial charge is 0.164 e.